The van der Waals surface area contributed by atoms with Crippen molar-refractivity contribution in [2.75, 3.05) is 0 Å². The van der Waals surface area contributed by atoms with Gasteiger partial charge in [-0.25, -0.2) is 0 Å². The fourth-order valence-corrected chi connectivity index (χ4v) is 3.64. The molecule has 2 aliphatic rings. The molecular weight excluding hydrogens is 236 g/mol. The van der Waals surface area contributed by atoms with Gasteiger partial charge in [0.1, 0.15) is 5.78 Å². The maximum absolute atomic E-state index is 12.2. The fraction of sp³-hybridized carbons (Fsp3) is 0.750. The van der Waals surface area contributed by atoms with E-state index in [1.807, 2.05) is 16.9 Å². The van der Waals surface area contributed by atoms with Gasteiger partial charge < -0.3 is 0 Å². The van der Waals surface area contributed by atoms with Crippen molar-refractivity contribution in [3.63, 3.8) is 0 Å². The average molecular weight is 260 g/mol. The van der Waals surface area contributed by atoms with E-state index in [0.717, 1.165) is 43.2 Å². The van der Waals surface area contributed by atoms with E-state index >= 15 is 0 Å². The highest BCUT2D eigenvalue weighted by Gasteiger charge is 2.47. The van der Waals surface area contributed by atoms with E-state index in [-0.39, 0.29) is 0 Å². The molecule has 2 unspecified atom stereocenters. The summed E-state index contributed by atoms with van der Waals surface area (Å²) in [5, 5.41) is 4.59. The lowest BCUT2D eigenvalue weighted by molar-refractivity contribution is -0.122. The first-order valence-corrected chi connectivity index (χ1v) is 7.78. The molecular formula is C16H24N2O. The van der Waals surface area contributed by atoms with Crippen LogP contribution < -0.4 is 0 Å². The summed E-state index contributed by atoms with van der Waals surface area (Å²) < 4.78 is 2.04. The summed E-state index contributed by atoms with van der Waals surface area (Å²) >= 11 is 0. The minimum atomic E-state index is 0.335. The molecule has 0 amide bonds. The molecule has 2 saturated carbocycles. The lowest BCUT2D eigenvalue weighted by atomic mass is 9.95. The van der Waals surface area contributed by atoms with Gasteiger partial charge in [0.05, 0.1) is 18.2 Å². The highest BCUT2D eigenvalue weighted by atomic mass is 16.1. The lowest BCUT2D eigenvalue weighted by Gasteiger charge is -2.12. The van der Waals surface area contributed by atoms with Crippen LogP contribution in [0.5, 0.6) is 0 Å². The number of Topliss-reactive ketones (excluding diaryl/α,β-unsaturated/α-hetero) is 1. The SMILES string of the molecule is CCC(CC)n1ccc(CC(=O)C2CC3CC3C2)n1. The van der Waals surface area contributed by atoms with Crippen molar-refractivity contribution >= 4 is 5.78 Å². The van der Waals surface area contributed by atoms with Gasteiger partial charge in [-0.2, -0.15) is 5.10 Å². The maximum Gasteiger partial charge on any atom is 0.141 e. The van der Waals surface area contributed by atoms with Gasteiger partial charge in [-0.05, 0) is 50.0 Å². The lowest BCUT2D eigenvalue weighted by Crippen LogP contribution is -2.16. The van der Waals surface area contributed by atoms with Crippen LogP contribution in [0.2, 0.25) is 0 Å². The van der Waals surface area contributed by atoms with E-state index in [0.29, 0.717) is 24.2 Å². The zero-order chi connectivity index (χ0) is 13.4. The van der Waals surface area contributed by atoms with Gasteiger partial charge in [-0.15, -0.1) is 0 Å². The Morgan fingerprint density at radius 3 is 2.63 bits per heavy atom. The average Bonchev–Trinajstić information content (AvgIpc) is 2.83. The second-order valence-electron chi connectivity index (χ2n) is 6.32. The first-order chi connectivity index (χ1) is 9.21. The Morgan fingerprint density at radius 2 is 2.00 bits per heavy atom. The highest BCUT2D eigenvalue weighted by Crippen LogP contribution is 2.54. The quantitative estimate of drug-likeness (QED) is 0.785. The van der Waals surface area contributed by atoms with Crippen LogP contribution in [0.3, 0.4) is 0 Å². The second-order valence-corrected chi connectivity index (χ2v) is 6.32. The van der Waals surface area contributed by atoms with Gasteiger partial charge in [-0.1, -0.05) is 13.8 Å². The molecule has 3 rings (SSSR count). The third-order valence-electron chi connectivity index (χ3n) is 5.03. The summed E-state index contributed by atoms with van der Waals surface area (Å²) in [6.07, 6.45) is 8.44. The van der Waals surface area contributed by atoms with Crippen molar-refractivity contribution in [1.29, 1.82) is 0 Å². The molecule has 0 radical (unpaired) electrons. The fourth-order valence-electron chi connectivity index (χ4n) is 3.64. The smallest absolute Gasteiger partial charge is 0.141 e. The minimum Gasteiger partial charge on any atom is -0.299 e. The van der Waals surface area contributed by atoms with E-state index in [2.05, 4.69) is 18.9 Å². The Labute approximate surface area is 115 Å². The third-order valence-corrected chi connectivity index (χ3v) is 5.03. The third kappa shape index (κ3) is 2.60. The van der Waals surface area contributed by atoms with Crippen molar-refractivity contribution in [3.05, 3.63) is 18.0 Å². The topological polar surface area (TPSA) is 34.9 Å². The van der Waals surface area contributed by atoms with Crippen molar-refractivity contribution in [2.45, 2.75) is 58.4 Å². The molecule has 104 valence electrons. The molecule has 0 N–H and O–H groups in total. The van der Waals surface area contributed by atoms with E-state index < -0.39 is 0 Å². The zero-order valence-corrected chi connectivity index (χ0v) is 12.0. The normalized spacial score (nSPS) is 28.7. The first-order valence-electron chi connectivity index (χ1n) is 7.78. The van der Waals surface area contributed by atoms with E-state index in [9.17, 15) is 4.79 Å². The number of carbonyl (C=O) groups excluding carboxylic acids is 1. The summed E-state index contributed by atoms with van der Waals surface area (Å²) in [4.78, 5) is 12.2. The van der Waals surface area contributed by atoms with Gasteiger partial charge in [0.15, 0.2) is 0 Å². The molecule has 0 saturated heterocycles. The molecule has 19 heavy (non-hydrogen) atoms. The molecule has 0 aromatic carbocycles. The summed E-state index contributed by atoms with van der Waals surface area (Å²) in [7, 11) is 0. The van der Waals surface area contributed by atoms with Crippen molar-refractivity contribution in [2.24, 2.45) is 17.8 Å². The number of carbonyl (C=O) groups is 1. The van der Waals surface area contributed by atoms with E-state index in [1.54, 1.807) is 0 Å². The number of hydrogen-bond donors (Lipinski definition) is 0. The van der Waals surface area contributed by atoms with Crippen LogP contribution in [0.15, 0.2) is 12.3 Å². The molecule has 0 spiro atoms. The standard InChI is InChI=1S/C16H24N2O/c1-3-15(4-2)18-6-5-14(17-18)10-16(19)13-8-11-7-12(11)9-13/h5-6,11-13,15H,3-4,7-10H2,1-2H3. The van der Waals surface area contributed by atoms with Crippen LogP contribution in [0.25, 0.3) is 0 Å². The van der Waals surface area contributed by atoms with Crippen molar-refractivity contribution < 1.29 is 4.79 Å². The molecule has 0 aliphatic heterocycles. The summed E-state index contributed by atoms with van der Waals surface area (Å²) in [5.41, 5.74) is 0.956. The van der Waals surface area contributed by atoms with Gasteiger partial charge in [-0.3, -0.25) is 9.48 Å². The minimum absolute atomic E-state index is 0.335. The predicted octanol–water partition coefficient (Wildman–Crippen LogP) is 3.40. The molecule has 2 atom stereocenters. The van der Waals surface area contributed by atoms with Crippen molar-refractivity contribution in [3.8, 4) is 0 Å². The number of aromatic nitrogens is 2. The molecule has 2 aliphatic carbocycles. The van der Waals surface area contributed by atoms with Crippen LogP contribution >= 0.6 is 0 Å². The van der Waals surface area contributed by atoms with E-state index in [4.69, 9.17) is 0 Å². The van der Waals surface area contributed by atoms with Crippen LogP contribution in [-0.4, -0.2) is 15.6 Å². The molecule has 1 heterocycles. The number of hydrogen-bond acceptors (Lipinski definition) is 2. The summed E-state index contributed by atoms with van der Waals surface area (Å²) in [5.74, 6) is 2.52. The summed E-state index contributed by atoms with van der Waals surface area (Å²) in [6, 6.07) is 2.49. The van der Waals surface area contributed by atoms with E-state index in [1.165, 1.54) is 6.42 Å². The number of ketones is 1. The maximum atomic E-state index is 12.2. The highest BCUT2D eigenvalue weighted by molar-refractivity contribution is 5.83. The van der Waals surface area contributed by atoms with Crippen LogP contribution in [-0.2, 0) is 11.2 Å². The summed E-state index contributed by atoms with van der Waals surface area (Å²) in [6.45, 7) is 4.37. The van der Waals surface area contributed by atoms with Crippen LogP contribution in [0, 0.1) is 17.8 Å². The predicted molar refractivity (Wildman–Crippen MR) is 74.9 cm³/mol. The Kier molecular flexibility index (Phi) is 3.46. The van der Waals surface area contributed by atoms with Gasteiger partial charge >= 0.3 is 0 Å². The zero-order valence-electron chi connectivity index (χ0n) is 12.0. The first kappa shape index (κ1) is 12.9. The largest absolute Gasteiger partial charge is 0.299 e. The number of rotatable bonds is 6. The van der Waals surface area contributed by atoms with Gasteiger partial charge in [0, 0.05) is 12.1 Å². The number of fused-ring (bicyclic) bond motifs is 1. The Bertz CT molecular complexity index is 451. The van der Waals surface area contributed by atoms with Gasteiger partial charge in [0.2, 0.25) is 0 Å². The molecule has 0 bridgehead atoms. The Hall–Kier alpha value is -1.12. The van der Waals surface area contributed by atoms with Gasteiger partial charge in [0.25, 0.3) is 0 Å². The molecule has 3 nitrogen and oxygen atoms in total. The molecule has 1 aromatic heterocycles. The Morgan fingerprint density at radius 1 is 1.32 bits per heavy atom. The number of nitrogens with zero attached hydrogens (tertiary/aromatic N) is 2. The molecule has 2 fully saturated rings. The molecule has 3 heteroatoms. The second kappa shape index (κ2) is 5.10. The van der Waals surface area contributed by atoms with Crippen molar-refractivity contribution in [1.82, 2.24) is 9.78 Å². The Balaban J connectivity index is 1.58. The van der Waals surface area contributed by atoms with Crippen LogP contribution in [0.4, 0.5) is 0 Å². The van der Waals surface area contributed by atoms with Crippen LogP contribution in [0.1, 0.15) is 57.7 Å². The monoisotopic (exact) mass is 260 g/mol. The molecule has 1 aromatic rings.